The monoisotopic (exact) mass is 230 g/mol. The highest BCUT2D eigenvalue weighted by molar-refractivity contribution is 8.00. The molecule has 1 aromatic carbocycles. The molecule has 2 rings (SSSR count). The number of rotatable bonds is 1. The Bertz CT molecular complexity index is 332. The van der Waals surface area contributed by atoms with Crippen LogP contribution in [-0.2, 0) is 4.74 Å². The number of methoxy groups -OCH3 is 1. The zero-order chi connectivity index (χ0) is 10.1. The van der Waals surface area contributed by atoms with Gasteiger partial charge in [0.15, 0.2) is 0 Å². The Morgan fingerprint density at radius 2 is 2.14 bits per heavy atom. The van der Waals surface area contributed by atoms with Crippen molar-refractivity contribution < 1.29 is 9.84 Å². The number of benzene rings is 1. The molecule has 0 aromatic heterocycles. The number of halogens is 1. The van der Waals surface area contributed by atoms with Crippen LogP contribution in [0.5, 0.6) is 0 Å². The van der Waals surface area contributed by atoms with Crippen molar-refractivity contribution in [2.45, 2.75) is 21.8 Å². The van der Waals surface area contributed by atoms with Crippen molar-refractivity contribution in [1.29, 1.82) is 0 Å². The van der Waals surface area contributed by atoms with Gasteiger partial charge in [0.1, 0.15) is 5.44 Å². The molecule has 1 N–H and O–H groups in total. The van der Waals surface area contributed by atoms with Crippen LogP contribution in [0.1, 0.15) is 11.7 Å². The summed E-state index contributed by atoms with van der Waals surface area (Å²) in [5.74, 6) is 0. The predicted octanol–water partition coefficient (Wildman–Crippen LogP) is 2.41. The smallest absolute Gasteiger partial charge is 0.126 e. The average molecular weight is 231 g/mol. The summed E-state index contributed by atoms with van der Waals surface area (Å²) in [6, 6.07) is 7.71. The van der Waals surface area contributed by atoms with Gasteiger partial charge in [0.25, 0.3) is 0 Å². The number of alkyl halides is 1. The van der Waals surface area contributed by atoms with E-state index < -0.39 is 6.10 Å². The fourth-order valence-electron chi connectivity index (χ4n) is 1.52. The number of thioether (sulfide) groups is 1. The molecule has 0 amide bonds. The van der Waals surface area contributed by atoms with Crippen molar-refractivity contribution in [2.24, 2.45) is 0 Å². The molecular weight excluding hydrogens is 220 g/mol. The van der Waals surface area contributed by atoms with Crippen molar-refractivity contribution in [2.75, 3.05) is 7.11 Å². The molecule has 1 aliphatic rings. The molecule has 0 saturated heterocycles. The fraction of sp³-hybridized carbons (Fsp3) is 0.400. The Balaban J connectivity index is 2.37. The zero-order valence-corrected chi connectivity index (χ0v) is 9.26. The molecule has 1 aliphatic heterocycles. The third-order valence-electron chi connectivity index (χ3n) is 2.27. The van der Waals surface area contributed by atoms with E-state index in [1.54, 1.807) is 18.9 Å². The molecule has 76 valence electrons. The first-order valence-electron chi connectivity index (χ1n) is 4.34. The predicted molar refractivity (Wildman–Crippen MR) is 57.7 cm³/mol. The van der Waals surface area contributed by atoms with Gasteiger partial charge in [-0.2, -0.15) is 0 Å². The minimum Gasteiger partial charge on any atom is -0.387 e. The standard InChI is InChI=1S/C10H11ClO2S/c1-13-10-8(11)9(12)6-4-2-3-5-7(6)14-10/h2-5,8-10,12H,1H3/t8-,9+,10+/m0/s1. The maximum atomic E-state index is 9.91. The quantitative estimate of drug-likeness (QED) is 0.752. The highest BCUT2D eigenvalue weighted by atomic mass is 35.5. The van der Waals surface area contributed by atoms with Crippen molar-refractivity contribution in [3.8, 4) is 0 Å². The van der Waals surface area contributed by atoms with Crippen LogP contribution in [-0.4, -0.2) is 23.0 Å². The number of fused-ring (bicyclic) bond motifs is 1. The molecule has 0 unspecified atom stereocenters. The van der Waals surface area contributed by atoms with E-state index in [1.165, 1.54) is 0 Å². The molecule has 2 nitrogen and oxygen atoms in total. The summed E-state index contributed by atoms with van der Waals surface area (Å²) < 4.78 is 5.20. The molecule has 1 heterocycles. The highest BCUT2D eigenvalue weighted by Gasteiger charge is 2.34. The number of hydrogen-bond donors (Lipinski definition) is 1. The van der Waals surface area contributed by atoms with Crippen LogP contribution in [0.3, 0.4) is 0 Å². The van der Waals surface area contributed by atoms with E-state index in [-0.39, 0.29) is 10.8 Å². The second-order valence-corrected chi connectivity index (χ2v) is 4.79. The Morgan fingerprint density at radius 3 is 2.86 bits per heavy atom. The van der Waals surface area contributed by atoms with E-state index in [0.717, 1.165) is 10.5 Å². The van der Waals surface area contributed by atoms with E-state index in [9.17, 15) is 5.11 Å². The van der Waals surface area contributed by atoms with Gasteiger partial charge in [-0.05, 0) is 11.6 Å². The van der Waals surface area contributed by atoms with Crippen LogP contribution in [0, 0.1) is 0 Å². The van der Waals surface area contributed by atoms with Crippen molar-refractivity contribution in [1.82, 2.24) is 0 Å². The topological polar surface area (TPSA) is 29.5 Å². The second kappa shape index (κ2) is 4.11. The highest BCUT2D eigenvalue weighted by Crippen LogP contribution is 2.43. The van der Waals surface area contributed by atoms with Gasteiger partial charge in [-0.3, -0.25) is 0 Å². The fourth-order valence-corrected chi connectivity index (χ4v) is 3.02. The van der Waals surface area contributed by atoms with Gasteiger partial charge in [0.2, 0.25) is 0 Å². The van der Waals surface area contributed by atoms with E-state index in [1.807, 2.05) is 24.3 Å². The average Bonchev–Trinajstić information content (AvgIpc) is 2.23. The Kier molecular flexibility index (Phi) is 3.02. The van der Waals surface area contributed by atoms with E-state index in [0.29, 0.717) is 0 Å². The van der Waals surface area contributed by atoms with Gasteiger partial charge in [-0.15, -0.1) is 11.6 Å². The molecule has 0 bridgehead atoms. The molecule has 14 heavy (non-hydrogen) atoms. The molecule has 3 atom stereocenters. The van der Waals surface area contributed by atoms with Crippen LogP contribution in [0.4, 0.5) is 0 Å². The first kappa shape index (κ1) is 10.3. The zero-order valence-electron chi connectivity index (χ0n) is 7.68. The van der Waals surface area contributed by atoms with Gasteiger partial charge >= 0.3 is 0 Å². The lowest BCUT2D eigenvalue weighted by Crippen LogP contribution is -2.30. The minimum absolute atomic E-state index is 0.179. The Morgan fingerprint density at radius 1 is 1.43 bits per heavy atom. The number of ether oxygens (including phenoxy) is 1. The summed E-state index contributed by atoms with van der Waals surface area (Å²) in [5.41, 5.74) is 0.715. The number of hydrogen-bond acceptors (Lipinski definition) is 3. The first-order valence-corrected chi connectivity index (χ1v) is 5.66. The summed E-state index contributed by atoms with van der Waals surface area (Å²) >= 11 is 7.62. The maximum Gasteiger partial charge on any atom is 0.126 e. The third kappa shape index (κ3) is 1.65. The first-order chi connectivity index (χ1) is 6.74. The molecule has 0 saturated carbocycles. The van der Waals surface area contributed by atoms with Crippen molar-refractivity contribution in [3.05, 3.63) is 29.8 Å². The summed E-state index contributed by atoms with van der Waals surface area (Å²) in [5, 5.41) is 9.52. The SMILES string of the molecule is CO[C@@H]1Sc2ccccc2[C@@H](O)[C@@H]1Cl. The summed E-state index contributed by atoms with van der Waals surface area (Å²) in [6.45, 7) is 0. The third-order valence-corrected chi connectivity index (χ3v) is 4.24. The lowest BCUT2D eigenvalue weighted by Gasteiger charge is -2.31. The molecule has 4 heteroatoms. The summed E-state index contributed by atoms with van der Waals surface area (Å²) in [7, 11) is 1.60. The Labute approximate surface area is 92.2 Å². The minimum atomic E-state index is -0.640. The lowest BCUT2D eigenvalue weighted by atomic mass is 10.1. The molecule has 0 fully saturated rings. The van der Waals surface area contributed by atoms with Crippen LogP contribution in [0.15, 0.2) is 29.2 Å². The van der Waals surface area contributed by atoms with Crippen LogP contribution in [0.2, 0.25) is 0 Å². The summed E-state index contributed by atoms with van der Waals surface area (Å²) in [6.07, 6.45) is -0.640. The van der Waals surface area contributed by atoms with Crippen molar-refractivity contribution in [3.63, 3.8) is 0 Å². The normalized spacial score (nSPS) is 31.2. The largest absolute Gasteiger partial charge is 0.387 e. The van der Waals surface area contributed by atoms with Gasteiger partial charge < -0.3 is 9.84 Å². The van der Waals surface area contributed by atoms with Crippen molar-refractivity contribution >= 4 is 23.4 Å². The van der Waals surface area contributed by atoms with Gasteiger partial charge in [0, 0.05) is 12.0 Å². The van der Waals surface area contributed by atoms with E-state index in [4.69, 9.17) is 16.3 Å². The summed E-state index contributed by atoms with van der Waals surface area (Å²) in [4.78, 5) is 1.05. The molecule has 0 aliphatic carbocycles. The van der Waals surface area contributed by atoms with Gasteiger partial charge in [-0.25, -0.2) is 0 Å². The van der Waals surface area contributed by atoms with Gasteiger partial charge in [-0.1, -0.05) is 30.0 Å². The number of aliphatic hydroxyl groups is 1. The molecular formula is C10H11ClO2S. The lowest BCUT2D eigenvalue weighted by molar-refractivity contribution is 0.0919. The molecule has 0 radical (unpaired) electrons. The van der Waals surface area contributed by atoms with Crippen LogP contribution >= 0.6 is 23.4 Å². The molecule has 0 spiro atoms. The molecule has 1 aromatic rings. The Hall–Kier alpha value is -0.220. The van der Waals surface area contributed by atoms with Gasteiger partial charge in [0.05, 0.1) is 11.5 Å². The number of aliphatic hydroxyl groups excluding tert-OH is 1. The van der Waals surface area contributed by atoms with E-state index in [2.05, 4.69) is 0 Å². The van der Waals surface area contributed by atoms with Crippen LogP contribution in [0.25, 0.3) is 0 Å². The maximum absolute atomic E-state index is 9.91. The van der Waals surface area contributed by atoms with Crippen LogP contribution < -0.4 is 0 Å². The second-order valence-electron chi connectivity index (χ2n) is 3.15. The van der Waals surface area contributed by atoms with E-state index >= 15 is 0 Å².